The number of carbonyl (C=O) groups is 1. The fraction of sp³-hybridized carbons (Fsp3) is 0.409. The third-order valence-electron chi connectivity index (χ3n) is 4.95. The average Bonchev–Trinajstić information content (AvgIpc) is 2.71. The first kappa shape index (κ1) is 21.7. The number of nitrogens with one attached hydrogen (secondary N) is 1. The molecular formula is C22H28N2O3S2. The first-order chi connectivity index (χ1) is 14.0. The summed E-state index contributed by atoms with van der Waals surface area (Å²) in [6.07, 6.45) is 2.43. The molecule has 1 N–H and O–H groups in total. The predicted octanol–water partition coefficient (Wildman–Crippen LogP) is 3.98. The lowest BCUT2D eigenvalue weighted by atomic mass is 10.1. The van der Waals surface area contributed by atoms with Crippen LogP contribution in [0.2, 0.25) is 0 Å². The van der Waals surface area contributed by atoms with E-state index in [0.29, 0.717) is 30.8 Å². The number of thioether (sulfide) groups is 1. The maximum atomic E-state index is 12.5. The number of rotatable bonds is 8. The van der Waals surface area contributed by atoms with Crippen molar-refractivity contribution in [3.05, 3.63) is 65.2 Å². The molecule has 0 spiro atoms. The topological polar surface area (TPSA) is 66.5 Å². The number of nitrogens with zero attached hydrogens (tertiary/aromatic N) is 1. The fourth-order valence-corrected chi connectivity index (χ4v) is 5.94. The lowest BCUT2D eigenvalue weighted by molar-refractivity contribution is 0.0954. The van der Waals surface area contributed by atoms with E-state index in [9.17, 15) is 13.2 Å². The van der Waals surface area contributed by atoms with Crippen LogP contribution in [0.15, 0.2) is 48.5 Å². The van der Waals surface area contributed by atoms with Crippen molar-refractivity contribution in [3.8, 4) is 0 Å². The molecule has 2 aromatic rings. The number of amides is 1. The van der Waals surface area contributed by atoms with Crippen LogP contribution >= 0.6 is 11.8 Å². The molecule has 0 atom stereocenters. The molecule has 1 saturated heterocycles. The van der Waals surface area contributed by atoms with Crippen molar-refractivity contribution >= 4 is 33.4 Å². The van der Waals surface area contributed by atoms with Crippen molar-refractivity contribution in [2.75, 3.05) is 28.9 Å². The SMILES string of the molecule is Cc1ccc(C(=O)NCCCSCc2ccccc2)cc1N1CCCCS1(=O)=O. The molecule has 2 aromatic carbocycles. The maximum absolute atomic E-state index is 12.5. The van der Waals surface area contributed by atoms with E-state index in [-0.39, 0.29) is 11.7 Å². The highest BCUT2D eigenvalue weighted by molar-refractivity contribution is 7.98. The molecule has 1 aliphatic heterocycles. The minimum atomic E-state index is -3.29. The number of sulfonamides is 1. The van der Waals surface area contributed by atoms with E-state index in [0.717, 1.165) is 29.9 Å². The van der Waals surface area contributed by atoms with Gasteiger partial charge in [0.25, 0.3) is 5.91 Å². The van der Waals surface area contributed by atoms with E-state index in [4.69, 9.17) is 0 Å². The molecule has 1 heterocycles. The van der Waals surface area contributed by atoms with Crippen LogP contribution < -0.4 is 9.62 Å². The van der Waals surface area contributed by atoms with Gasteiger partial charge in [0.2, 0.25) is 10.0 Å². The van der Waals surface area contributed by atoms with Crippen molar-refractivity contribution in [1.29, 1.82) is 0 Å². The largest absolute Gasteiger partial charge is 0.352 e. The minimum Gasteiger partial charge on any atom is -0.352 e. The normalized spacial score (nSPS) is 15.8. The second kappa shape index (κ2) is 10.2. The Labute approximate surface area is 177 Å². The molecule has 0 unspecified atom stereocenters. The van der Waals surface area contributed by atoms with E-state index in [1.165, 1.54) is 9.87 Å². The highest BCUT2D eigenvalue weighted by Crippen LogP contribution is 2.28. The fourth-order valence-electron chi connectivity index (χ4n) is 3.32. The second-order valence-electron chi connectivity index (χ2n) is 7.24. The molecule has 3 rings (SSSR count). The van der Waals surface area contributed by atoms with Crippen LogP contribution in [-0.2, 0) is 15.8 Å². The predicted molar refractivity (Wildman–Crippen MR) is 121 cm³/mol. The summed E-state index contributed by atoms with van der Waals surface area (Å²) in [6, 6.07) is 15.6. The molecular weight excluding hydrogens is 404 g/mol. The molecule has 29 heavy (non-hydrogen) atoms. The zero-order valence-electron chi connectivity index (χ0n) is 16.8. The zero-order chi connectivity index (χ0) is 20.7. The summed E-state index contributed by atoms with van der Waals surface area (Å²) in [5, 5.41) is 2.95. The third kappa shape index (κ3) is 6.00. The molecule has 7 heteroatoms. The molecule has 0 saturated carbocycles. The number of benzene rings is 2. The molecule has 1 aliphatic rings. The quantitative estimate of drug-likeness (QED) is 0.641. The van der Waals surface area contributed by atoms with Crippen LogP contribution in [0.5, 0.6) is 0 Å². The summed E-state index contributed by atoms with van der Waals surface area (Å²) in [5.41, 5.74) is 3.30. The van der Waals surface area contributed by atoms with Gasteiger partial charge in [0, 0.05) is 24.4 Å². The Morgan fingerprint density at radius 1 is 1.14 bits per heavy atom. The van der Waals surface area contributed by atoms with Crippen molar-refractivity contribution in [1.82, 2.24) is 5.32 Å². The Hall–Kier alpha value is -1.99. The maximum Gasteiger partial charge on any atom is 0.251 e. The van der Waals surface area contributed by atoms with Gasteiger partial charge in [-0.1, -0.05) is 36.4 Å². The van der Waals surface area contributed by atoms with Crippen LogP contribution in [0.4, 0.5) is 5.69 Å². The van der Waals surface area contributed by atoms with Gasteiger partial charge in [0.1, 0.15) is 0 Å². The van der Waals surface area contributed by atoms with Crippen molar-refractivity contribution in [2.24, 2.45) is 0 Å². The highest BCUT2D eigenvalue weighted by Gasteiger charge is 2.27. The standard InChI is InChI=1S/C22H28N2O3S2/c1-18-10-11-20(16-21(18)24-13-5-6-15-29(24,26)27)22(25)23-12-7-14-28-17-19-8-3-2-4-9-19/h2-4,8-11,16H,5-7,12-15,17H2,1H3,(H,23,25). The first-order valence-electron chi connectivity index (χ1n) is 9.98. The molecule has 5 nitrogen and oxygen atoms in total. The van der Waals surface area contributed by atoms with E-state index in [1.807, 2.05) is 43.0 Å². The second-order valence-corrected chi connectivity index (χ2v) is 10.4. The number of carbonyl (C=O) groups excluding carboxylic acids is 1. The minimum absolute atomic E-state index is 0.159. The zero-order valence-corrected chi connectivity index (χ0v) is 18.4. The smallest absolute Gasteiger partial charge is 0.251 e. The number of hydrogen-bond acceptors (Lipinski definition) is 4. The van der Waals surface area contributed by atoms with Gasteiger partial charge in [-0.2, -0.15) is 11.8 Å². The van der Waals surface area contributed by atoms with E-state index < -0.39 is 10.0 Å². The van der Waals surface area contributed by atoms with Gasteiger partial charge in [-0.05, 0) is 55.2 Å². The van der Waals surface area contributed by atoms with Crippen LogP contribution in [0.25, 0.3) is 0 Å². The first-order valence-corrected chi connectivity index (χ1v) is 12.7. The van der Waals surface area contributed by atoms with Crippen molar-refractivity contribution < 1.29 is 13.2 Å². The summed E-state index contributed by atoms with van der Waals surface area (Å²) >= 11 is 1.85. The van der Waals surface area contributed by atoms with E-state index >= 15 is 0 Å². The van der Waals surface area contributed by atoms with E-state index in [1.54, 1.807) is 12.1 Å². The molecule has 0 aliphatic carbocycles. The van der Waals surface area contributed by atoms with Gasteiger partial charge in [0.05, 0.1) is 11.4 Å². The molecule has 1 fully saturated rings. The van der Waals surface area contributed by atoms with Crippen LogP contribution in [-0.4, -0.2) is 38.9 Å². The Morgan fingerprint density at radius 3 is 2.69 bits per heavy atom. The Kier molecular flexibility index (Phi) is 7.61. The van der Waals surface area contributed by atoms with Crippen molar-refractivity contribution in [2.45, 2.75) is 31.9 Å². The third-order valence-corrected chi connectivity index (χ3v) is 7.92. The summed E-state index contributed by atoms with van der Waals surface area (Å²) in [5.74, 6) is 1.96. The summed E-state index contributed by atoms with van der Waals surface area (Å²) in [6.45, 7) is 2.96. The Bertz CT molecular complexity index is 930. The monoisotopic (exact) mass is 432 g/mol. The van der Waals surface area contributed by atoms with Crippen molar-refractivity contribution in [3.63, 3.8) is 0 Å². The molecule has 0 aromatic heterocycles. The molecule has 156 valence electrons. The van der Waals surface area contributed by atoms with Crippen LogP contribution in [0, 0.1) is 6.92 Å². The van der Waals surface area contributed by atoms with Crippen LogP contribution in [0.3, 0.4) is 0 Å². The summed E-state index contributed by atoms with van der Waals surface area (Å²) in [7, 11) is -3.29. The van der Waals surface area contributed by atoms with Crippen LogP contribution in [0.1, 0.15) is 40.7 Å². The Balaban J connectivity index is 1.50. The van der Waals surface area contributed by atoms with Gasteiger partial charge in [-0.15, -0.1) is 0 Å². The highest BCUT2D eigenvalue weighted by atomic mass is 32.2. The van der Waals surface area contributed by atoms with Gasteiger partial charge in [0.15, 0.2) is 0 Å². The number of aryl methyl sites for hydroxylation is 1. The molecule has 0 radical (unpaired) electrons. The van der Waals surface area contributed by atoms with Gasteiger partial charge in [-0.3, -0.25) is 9.10 Å². The number of hydrogen-bond donors (Lipinski definition) is 1. The Morgan fingerprint density at radius 2 is 1.93 bits per heavy atom. The van der Waals surface area contributed by atoms with Gasteiger partial charge in [-0.25, -0.2) is 8.42 Å². The van der Waals surface area contributed by atoms with E-state index in [2.05, 4.69) is 17.4 Å². The number of anilines is 1. The molecule has 0 bridgehead atoms. The van der Waals surface area contributed by atoms with Gasteiger partial charge < -0.3 is 5.32 Å². The summed E-state index contributed by atoms with van der Waals surface area (Å²) in [4.78, 5) is 12.5. The molecule has 1 amide bonds. The summed E-state index contributed by atoms with van der Waals surface area (Å²) < 4.78 is 26.3. The van der Waals surface area contributed by atoms with Gasteiger partial charge >= 0.3 is 0 Å². The average molecular weight is 433 g/mol. The lowest BCUT2D eigenvalue weighted by Gasteiger charge is -2.29. The lowest BCUT2D eigenvalue weighted by Crippen LogP contribution is -2.38.